The summed E-state index contributed by atoms with van der Waals surface area (Å²) >= 11 is 0. The van der Waals surface area contributed by atoms with Crippen molar-refractivity contribution < 1.29 is 9.26 Å². The van der Waals surface area contributed by atoms with Crippen molar-refractivity contribution in [2.45, 2.75) is 70.4 Å². The fourth-order valence-corrected chi connectivity index (χ4v) is 2.72. The zero-order valence-electron chi connectivity index (χ0n) is 12.9. The Balaban J connectivity index is 1.96. The molecular weight excluding hydrogens is 254 g/mol. The molecule has 1 aliphatic rings. The number of hydrogen-bond donors (Lipinski definition) is 1. The van der Waals surface area contributed by atoms with Gasteiger partial charge in [0.1, 0.15) is 5.60 Å². The molecule has 0 bridgehead atoms. The first kappa shape index (κ1) is 15.4. The number of methoxy groups -OCH3 is 1. The lowest BCUT2D eigenvalue weighted by Crippen LogP contribution is -2.37. The van der Waals surface area contributed by atoms with Gasteiger partial charge in [0.25, 0.3) is 0 Å². The zero-order valence-corrected chi connectivity index (χ0v) is 12.9. The van der Waals surface area contributed by atoms with Crippen LogP contribution in [0.5, 0.6) is 0 Å². The van der Waals surface area contributed by atoms with Crippen LogP contribution in [0.15, 0.2) is 4.52 Å². The van der Waals surface area contributed by atoms with E-state index in [1.807, 2.05) is 0 Å². The summed E-state index contributed by atoms with van der Waals surface area (Å²) in [5.74, 6) is 1.46. The Hall–Kier alpha value is -0.940. The normalized spacial score (nSPS) is 18.8. The van der Waals surface area contributed by atoms with E-state index < -0.39 is 0 Å². The van der Waals surface area contributed by atoms with Gasteiger partial charge in [-0.1, -0.05) is 25.4 Å². The van der Waals surface area contributed by atoms with Gasteiger partial charge in [-0.05, 0) is 38.6 Å². The highest BCUT2D eigenvalue weighted by Crippen LogP contribution is 2.42. The summed E-state index contributed by atoms with van der Waals surface area (Å²) in [6.45, 7) is 5.42. The highest BCUT2D eigenvalue weighted by Gasteiger charge is 2.43. The standard InChI is InChI=1S/C15H27N3O2/c1-4-7-12(16-10-5-2)11-13-17-14(18-20-13)15(19-3)8-6-9-15/h12,16H,4-11H2,1-3H3. The van der Waals surface area contributed by atoms with Crippen molar-refractivity contribution in [3.63, 3.8) is 0 Å². The lowest BCUT2D eigenvalue weighted by molar-refractivity contribution is -0.0858. The summed E-state index contributed by atoms with van der Waals surface area (Å²) in [6.07, 6.45) is 7.40. The number of hydrogen-bond acceptors (Lipinski definition) is 5. The van der Waals surface area contributed by atoms with Crippen LogP contribution in [-0.2, 0) is 16.8 Å². The first-order valence-electron chi connectivity index (χ1n) is 7.85. The van der Waals surface area contributed by atoms with E-state index in [0.29, 0.717) is 6.04 Å². The van der Waals surface area contributed by atoms with E-state index in [2.05, 4.69) is 29.3 Å². The minimum absolute atomic E-state index is 0.279. The minimum atomic E-state index is -0.279. The smallest absolute Gasteiger partial charge is 0.228 e. The van der Waals surface area contributed by atoms with E-state index >= 15 is 0 Å². The molecule has 0 saturated heterocycles. The number of nitrogens with zero attached hydrogens (tertiary/aromatic N) is 2. The Bertz CT molecular complexity index is 396. The number of rotatable bonds is 9. The maximum Gasteiger partial charge on any atom is 0.228 e. The van der Waals surface area contributed by atoms with Gasteiger partial charge >= 0.3 is 0 Å². The molecule has 0 aromatic carbocycles. The van der Waals surface area contributed by atoms with Crippen LogP contribution in [0.25, 0.3) is 0 Å². The third-order valence-corrected chi connectivity index (χ3v) is 4.17. The predicted octanol–water partition coefficient (Wildman–Crippen LogP) is 2.81. The maximum atomic E-state index is 5.59. The summed E-state index contributed by atoms with van der Waals surface area (Å²) in [5.41, 5.74) is -0.279. The Kier molecular flexibility index (Phi) is 5.54. The third kappa shape index (κ3) is 3.38. The molecule has 1 heterocycles. The topological polar surface area (TPSA) is 60.2 Å². The Morgan fingerprint density at radius 1 is 1.35 bits per heavy atom. The molecule has 5 heteroatoms. The quantitative estimate of drug-likeness (QED) is 0.754. The van der Waals surface area contributed by atoms with Gasteiger partial charge in [0, 0.05) is 19.6 Å². The monoisotopic (exact) mass is 281 g/mol. The molecule has 1 unspecified atom stereocenters. The van der Waals surface area contributed by atoms with Crippen LogP contribution in [-0.4, -0.2) is 29.8 Å². The van der Waals surface area contributed by atoms with Crippen LogP contribution in [0.4, 0.5) is 0 Å². The largest absolute Gasteiger partial charge is 0.370 e. The van der Waals surface area contributed by atoms with Crippen molar-refractivity contribution in [1.82, 2.24) is 15.5 Å². The van der Waals surface area contributed by atoms with Gasteiger partial charge in [-0.3, -0.25) is 0 Å². The molecule has 1 fully saturated rings. The summed E-state index contributed by atoms with van der Waals surface area (Å²) in [7, 11) is 1.73. The van der Waals surface area contributed by atoms with Crippen LogP contribution in [0.2, 0.25) is 0 Å². The summed E-state index contributed by atoms with van der Waals surface area (Å²) in [5, 5.41) is 7.69. The van der Waals surface area contributed by atoms with Crippen LogP contribution < -0.4 is 5.32 Å². The van der Waals surface area contributed by atoms with Crippen LogP contribution >= 0.6 is 0 Å². The summed E-state index contributed by atoms with van der Waals surface area (Å²) in [4.78, 5) is 4.56. The highest BCUT2D eigenvalue weighted by molar-refractivity contribution is 5.07. The van der Waals surface area contributed by atoms with Gasteiger partial charge in [0.05, 0.1) is 0 Å². The SMILES string of the molecule is CCCNC(CCC)Cc1nc(C2(OC)CCC2)no1. The van der Waals surface area contributed by atoms with Gasteiger partial charge in [-0.25, -0.2) is 0 Å². The molecule has 1 aromatic heterocycles. The highest BCUT2D eigenvalue weighted by atomic mass is 16.5. The lowest BCUT2D eigenvalue weighted by Gasteiger charge is -2.37. The van der Waals surface area contributed by atoms with E-state index in [0.717, 1.165) is 56.8 Å². The average molecular weight is 281 g/mol. The molecule has 0 aliphatic heterocycles. The first-order chi connectivity index (χ1) is 9.74. The van der Waals surface area contributed by atoms with Gasteiger partial charge in [0.15, 0.2) is 0 Å². The molecule has 1 saturated carbocycles. The summed E-state index contributed by atoms with van der Waals surface area (Å²) < 4.78 is 11.0. The molecular formula is C15H27N3O2. The second-order valence-corrected chi connectivity index (χ2v) is 5.71. The number of nitrogens with one attached hydrogen (secondary N) is 1. The van der Waals surface area contributed by atoms with Crippen LogP contribution in [0.3, 0.4) is 0 Å². The van der Waals surface area contributed by atoms with E-state index in [4.69, 9.17) is 9.26 Å². The fourth-order valence-electron chi connectivity index (χ4n) is 2.72. The third-order valence-electron chi connectivity index (χ3n) is 4.17. The molecule has 1 aromatic rings. The van der Waals surface area contributed by atoms with Gasteiger partial charge in [0.2, 0.25) is 11.7 Å². The summed E-state index contributed by atoms with van der Waals surface area (Å²) in [6, 6.07) is 0.424. The molecule has 1 aliphatic carbocycles. The average Bonchev–Trinajstić information content (AvgIpc) is 2.84. The second kappa shape index (κ2) is 7.18. The second-order valence-electron chi connectivity index (χ2n) is 5.71. The van der Waals surface area contributed by atoms with Gasteiger partial charge in [-0.2, -0.15) is 4.98 Å². The molecule has 114 valence electrons. The van der Waals surface area contributed by atoms with E-state index in [1.165, 1.54) is 6.42 Å². The molecule has 0 spiro atoms. The van der Waals surface area contributed by atoms with Crippen molar-refractivity contribution in [1.29, 1.82) is 0 Å². The lowest BCUT2D eigenvalue weighted by atomic mass is 9.79. The molecule has 0 radical (unpaired) electrons. The fraction of sp³-hybridized carbons (Fsp3) is 0.867. The first-order valence-corrected chi connectivity index (χ1v) is 7.85. The van der Waals surface area contributed by atoms with Crippen LogP contribution in [0, 0.1) is 0 Å². The molecule has 2 rings (SSSR count). The van der Waals surface area contributed by atoms with Crippen LogP contribution in [0.1, 0.15) is 64.1 Å². The predicted molar refractivity (Wildman–Crippen MR) is 77.5 cm³/mol. The number of aromatic nitrogens is 2. The van der Waals surface area contributed by atoms with Crippen molar-refractivity contribution in [2.24, 2.45) is 0 Å². The molecule has 1 atom stereocenters. The number of ether oxygens (including phenoxy) is 1. The zero-order chi connectivity index (χ0) is 14.4. The minimum Gasteiger partial charge on any atom is -0.370 e. The Morgan fingerprint density at radius 3 is 2.70 bits per heavy atom. The van der Waals surface area contributed by atoms with Gasteiger partial charge < -0.3 is 14.6 Å². The van der Waals surface area contributed by atoms with Crippen molar-refractivity contribution in [3.8, 4) is 0 Å². The van der Waals surface area contributed by atoms with E-state index in [9.17, 15) is 0 Å². The maximum absolute atomic E-state index is 5.59. The van der Waals surface area contributed by atoms with Gasteiger partial charge in [-0.15, -0.1) is 0 Å². The Labute approximate surface area is 121 Å². The molecule has 1 N–H and O–H groups in total. The van der Waals surface area contributed by atoms with Crippen molar-refractivity contribution in [3.05, 3.63) is 11.7 Å². The van der Waals surface area contributed by atoms with E-state index in [-0.39, 0.29) is 5.60 Å². The van der Waals surface area contributed by atoms with E-state index in [1.54, 1.807) is 7.11 Å². The molecule has 20 heavy (non-hydrogen) atoms. The molecule has 5 nitrogen and oxygen atoms in total. The molecule has 0 amide bonds. The van der Waals surface area contributed by atoms with Crippen molar-refractivity contribution >= 4 is 0 Å². The Morgan fingerprint density at radius 2 is 2.15 bits per heavy atom. The van der Waals surface area contributed by atoms with Crippen molar-refractivity contribution in [2.75, 3.05) is 13.7 Å².